The Hall–Kier alpha value is -3.15. The van der Waals surface area contributed by atoms with Crippen LogP contribution in [0.2, 0.25) is 0 Å². The number of nitrogens with one attached hydrogen (secondary N) is 1. The highest BCUT2D eigenvalue weighted by Gasteiger charge is 2.30. The number of pyridine rings is 1. The predicted octanol–water partition coefficient (Wildman–Crippen LogP) is 4.91. The van der Waals surface area contributed by atoms with E-state index in [0.29, 0.717) is 11.3 Å². The fourth-order valence-electron chi connectivity index (χ4n) is 2.31. The van der Waals surface area contributed by atoms with Gasteiger partial charge in [-0.25, -0.2) is 0 Å². The first-order chi connectivity index (χ1) is 11.9. The normalized spacial score (nSPS) is 11.8. The molecule has 0 aliphatic heterocycles. The standard InChI is InChI=1S/C19H13F3N2O/c20-19(21,22)15-6-3-4-13(10-15)8-9-18(25)24-16-11-14-5-1-2-7-17(14)23-12-16/h1-12H,(H,24,25)/b9-8-. The molecule has 0 spiro atoms. The number of nitrogens with zero attached hydrogens (tertiary/aromatic N) is 1. The van der Waals surface area contributed by atoms with Gasteiger partial charge in [-0.05, 0) is 35.9 Å². The maximum absolute atomic E-state index is 12.7. The van der Waals surface area contributed by atoms with E-state index in [-0.39, 0.29) is 0 Å². The van der Waals surface area contributed by atoms with Crippen LogP contribution in [0.15, 0.2) is 66.9 Å². The average Bonchev–Trinajstić information content (AvgIpc) is 2.59. The number of hydrogen-bond donors (Lipinski definition) is 1. The number of aromatic nitrogens is 1. The molecule has 1 aromatic heterocycles. The minimum atomic E-state index is -4.41. The van der Waals surface area contributed by atoms with Gasteiger partial charge in [0.25, 0.3) is 0 Å². The minimum absolute atomic E-state index is 0.293. The van der Waals surface area contributed by atoms with Gasteiger partial charge >= 0.3 is 6.18 Å². The molecule has 6 heteroatoms. The van der Waals surface area contributed by atoms with Crippen LogP contribution in [0, 0.1) is 0 Å². The van der Waals surface area contributed by atoms with E-state index in [1.165, 1.54) is 30.5 Å². The predicted molar refractivity (Wildman–Crippen MR) is 90.9 cm³/mol. The van der Waals surface area contributed by atoms with Crippen LogP contribution >= 0.6 is 0 Å². The van der Waals surface area contributed by atoms with Crippen molar-refractivity contribution in [2.24, 2.45) is 0 Å². The molecular weight excluding hydrogens is 329 g/mol. The number of hydrogen-bond acceptors (Lipinski definition) is 2. The second-order valence-electron chi connectivity index (χ2n) is 5.36. The summed E-state index contributed by atoms with van der Waals surface area (Å²) in [7, 11) is 0. The lowest BCUT2D eigenvalue weighted by molar-refractivity contribution is -0.137. The van der Waals surface area contributed by atoms with Crippen molar-refractivity contribution < 1.29 is 18.0 Å². The molecule has 1 heterocycles. The molecule has 0 unspecified atom stereocenters. The molecule has 3 nitrogen and oxygen atoms in total. The quantitative estimate of drug-likeness (QED) is 0.688. The molecule has 0 bridgehead atoms. The van der Waals surface area contributed by atoms with E-state index in [0.717, 1.165) is 23.0 Å². The number of carbonyl (C=O) groups is 1. The zero-order valence-corrected chi connectivity index (χ0v) is 12.9. The molecule has 0 aliphatic carbocycles. The Balaban J connectivity index is 1.72. The van der Waals surface area contributed by atoms with Crippen molar-refractivity contribution in [1.82, 2.24) is 4.98 Å². The van der Waals surface area contributed by atoms with Crippen molar-refractivity contribution in [2.45, 2.75) is 6.18 Å². The molecule has 1 amide bonds. The maximum Gasteiger partial charge on any atom is 0.416 e. The van der Waals surface area contributed by atoms with Gasteiger partial charge in [0.1, 0.15) is 0 Å². The van der Waals surface area contributed by atoms with Gasteiger partial charge in [0.2, 0.25) is 5.91 Å². The van der Waals surface area contributed by atoms with Gasteiger partial charge in [0.05, 0.1) is 23.0 Å². The minimum Gasteiger partial charge on any atom is -0.321 e. The molecular formula is C19H13F3N2O. The second-order valence-corrected chi connectivity index (χ2v) is 5.36. The highest BCUT2D eigenvalue weighted by atomic mass is 19.4. The summed E-state index contributed by atoms with van der Waals surface area (Å²) in [6.07, 6.45) is -0.370. The van der Waals surface area contributed by atoms with Crippen LogP contribution in [0.3, 0.4) is 0 Å². The highest BCUT2D eigenvalue weighted by Crippen LogP contribution is 2.29. The Bertz CT molecular complexity index is 949. The third-order valence-corrected chi connectivity index (χ3v) is 3.50. The van der Waals surface area contributed by atoms with Crippen molar-refractivity contribution in [1.29, 1.82) is 0 Å². The summed E-state index contributed by atoms with van der Waals surface area (Å²) in [5.41, 5.74) is 0.854. The summed E-state index contributed by atoms with van der Waals surface area (Å²) in [4.78, 5) is 16.2. The van der Waals surface area contributed by atoms with Crippen LogP contribution in [0.5, 0.6) is 0 Å². The number of rotatable bonds is 3. The first-order valence-electron chi connectivity index (χ1n) is 7.43. The molecule has 25 heavy (non-hydrogen) atoms. The van der Waals surface area contributed by atoms with Crippen molar-refractivity contribution in [3.05, 3.63) is 78.0 Å². The smallest absolute Gasteiger partial charge is 0.321 e. The van der Waals surface area contributed by atoms with Crippen LogP contribution in [0.1, 0.15) is 11.1 Å². The summed E-state index contributed by atoms with van der Waals surface area (Å²) in [5, 5.41) is 3.52. The summed E-state index contributed by atoms with van der Waals surface area (Å²) in [6, 6.07) is 14.0. The zero-order chi connectivity index (χ0) is 17.9. The van der Waals surface area contributed by atoms with Gasteiger partial charge in [0, 0.05) is 11.5 Å². The van der Waals surface area contributed by atoms with E-state index in [9.17, 15) is 18.0 Å². The summed E-state index contributed by atoms with van der Waals surface area (Å²) >= 11 is 0. The number of alkyl halides is 3. The van der Waals surface area contributed by atoms with Crippen LogP contribution < -0.4 is 5.32 Å². The summed E-state index contributed by atoms with van der Waals surface area (Å²) in [6.45, 7) is 0. The molecule has 0 saturated heterocycles. The Labute approximate surface area is 141 Å². The molecule has 0 radical (unpaired) electrons. The van der Waals surface area contributed by atoms with E-state index in [4.69, 9.17) is 0 Å². The lowest BCUT2D eigenvalue weighted by Gasteiger charge is -2.06. The molecule has 0 atom stereocenters. The van der Waals surface area contributed by atoms with E-state index in [1.807, 2.05) is 24.3 Å². The fourth-order valence-corrected chi connectivity index (χ4v) is 2.31. The van der Waals surface area contributed by atoms with Gasteiger partial charge in [-0.2, -0.15) is 13.2 Å². The van der Waals surface area contributed by atoms with Gasteiger partial charge in [-0.15, -0.1) is 0 Å². The SMILES string of the molecule is O=C(/C=C\c1cccc(C(F)(F)F)c1)Nc1cnc2ccccc2c1. The average molecular weight is 342 g/mol. The first-order valence-corrected chi connectivity index (χ1v) is 7.43. The monoisotopic (exact) mass is 342 g/mol. The topological polar surface area (TPSA) is 42.0 Å². The summed E-state index contributed by atoms with van der Waals surface area (Å²) < 4.78 is 38.0. The molecule has 3 rings (SSSR count). The number of carbonyl (C=O) groups excluding carboxylic acids is 1. The Morgan fingerprint density at radius 3 is 2.64 bits per heavy atom. The Morgan fingerprint density at radius 1 is 1.04 bits per heavy atom. The van der Waals surface area contributed by atoms with E-state index in [1.54, 1.807) is 6.07 Å². The van der Waals surface area contributed by atoms with Crippen molar-refractivity contribution >= 4 is 28.6 Å². The zero-order valence-electron chi connectivity index (χ0n) is 12.9. The van der Waals surface area contributed by atoms with Crippen LogP contribution in [0.4, 0.5) is 18.9 Å². The number of halogens is 3. The van der Waals surface area contributed by atoms with Crippen LogP contribution in [0.25, 0.3) is 17.0 Å². The van der Waals surface area contributed by atoms with Crippen LogP contribution in [-0.2, 0) is 11.0 Å². The molecule has 126 valence electrons. The lowest BCUT2D eigenvalue weighted by atomic mass is 10.1. The molecule has 0 aliphatic rings. The van der Waals surface area contributed by atoms with Crippen molar-refractivity contribution in [3.63, 3.8) is 0 Å². The lowest BCUT2D eigenvalue weighted by Crippen LogP contribution is -2.08. The third-order valence-electron chi connectivity index (χ3n) is 3.50. The number of para-hydroxylation sites is 1. The van der Waals surface area contributed by atoms with E-state index in [2.05, 4.69) is 10.3 Å². The molecule has 1 N–H and O–H groups in total. The Morgan fingerprint density at radius 2 is 1.84 bits per heavy atom. The number of anilines is 1. The van der Waals surface area contributed by atoms with Crippen molar-refractivity contribution in [2.75, 3.05) is 5.32 Å². The molecule has 0 fully saturated rings. The summed E-state index contributed by atoms with van der Waals surface area (Å²) in [5.74, 6) is -0.450. The number of amides is 1. The number of fused-ring (bicyclic) bond motifs is 1. The second kappa shape index (κ2) is 6.76. The van der Waals surface area contributed by atoms with Crippen molar-refractivity contribution in [3.8, 4) is 0 Å². The molecule has 0 saturated carbocycles. The first kappa shape index (κ1) is 16.7. The fraction of sp³-hybridized carbons (Fsp3) is 0.0526. The molecule has 3 aromatic rings. The van der Waals surface area contributed by atoms with E-state index < -0.39 is 17.6 Å². The van der Waals surface area contributed by atoms with Gasteiger partial charge in [-0.1, -0.05) is 30.3 Å². The van der Waals surface area contributed by atoms with Gasteiger partial charge in [-0.3, -0.25) is 9.78 Å². The molecule has 2 aromatic carbocycles. The Kier molecular flexibility index (Phi) is 4.52. The third kappa shape index (κ3) is 4.23. The number of benzene rings is 2. The maximum atomic E-state index is 12.7. The van der Waals surface area contributed by atoms with Gasteiger partial charge in [0.15, 0.2) is 0 Å². The largest absolute Gasteiger partial charge is 0.416 e. The van der Waals surface area contributed by atoms with Crippen LogP contribution in [-0.4, -0.2) is 10.9 Å². The van der Waals surface area contributed by atoms with Gasteiger partial charge < -0.3 is 5.32 Å². The van der Waals surface area contributed by atoms with E-state index >= 15 is 0 Å². The highest BCUT2D eigenvalue weighted by molar-refractivity contribution is 6.02.